The smallest absolute Gasteiger partial charge is 0.245 e. The third-order valence-corrected chi connectivity index (χ3v) is 4.35. The minimum atomic E-state index is -0.315. The normalized spacial score (nSPS) is 28.1. The van der Waals surface area contributed by atoms with E-state index in [1.807, 2.05) is 11.8 Å². The lowest BCUT2D eigenvalue weighted by atomic mass is 9.88. The molecular weight excluding hydrogens is 228 g/mol. The summed E-state index contributed by atoms with van der Waals surface area (Å²) in [5, 5.41) is 2.82. The summed E-state index contributed by atoms with van der Waals surface area (Å²) in [5.41, 5.74) is 0.265. The van der Waals surface area contributed by atoms with Gasteiger partial charge in [-0.05, 0) is 24.7 Å². The van der Waals surface area contributed by atoms with Gasteiger partial charge < -0.3 is 10.2 Å². The van der Waals surface area contributed by atoms with Crippen LogP contribution in [0.1, 0.15) is 52.4 Å². The number of rotatable bonds is 3. The van der Waals surface area contributed by atoms with Gasteiger partial charge in [0, 0.05) is 19.5 Å². The molecule has 1 saturated carbocycles. The Morgan fingerprint density at radius 3 is 2.61 bits per heavy atom. The lowest BCUT2D eigenvalue weighted by Gasteiger charge is -2.32. The van der Waals surface area contributed by atoms with Gasteiger partial charge in [-0.15, -0.1) is 0 Å². The molecule has 1 aliphatic carbocycles. The van der Waals surface area contributed by atoms with Crippen LogP contribution in [0.5, 0.6) is 0 Å². The Labute approximate surface area is 109 Å². The highest BCUT2D eigenvalue weighted by Crippen LogP contribution is 2.38. The molecule has 1 heterocycles. The standard InChI is InChI=1S/C14H24N2O2/c1-3-11-13(18)16(9-6-12(17)15-11)10-14(2)7-4-5-8-14/h11H,3-10H2,1-2H3,(H,15,17). The maximum Gasteiger partial charge on any atom is 0.245 e. The number of nitrogens with zero attached hydrogens (tertiary/aromatic N) is 1. The Hall–Kier alpha value is -1.06. The van der Waals surface area contributed by atoms with Crippen LogP contribution in [0.15, 0.2) is 0 Å². The molecular formula is C14H24N2O2. The first kappa shape index (κ1) is 13.4. The summed E-state index contributed by atoms with van der Waals surface area (Å²) in [5.74, 6) is 0.116. The monoisotopic (exact) mass is 252 g/mol. The molecule has 0 aromatic rings. The Morgan fingerprint density at radius 1 is 1.33 bits per heavy atom. The van der Waals surface area contributed by atoms with E-state index in [4.69, 9.17) is 0 Å². The summed E-state index contributed by atoms with van der Waals surface area (Å²) in [4.78, 5) is 25.8. The minimum Gasteiger partial charge on any atom is -0.344 e. The highest BCUT2D eigenvalue weighted by atomic mass is 16.2. The quantitative estimate of drug-likeness (QED) is 0.831. The average molecular weight is 252 g/mol. The fourth-order valence-corrected chi connectivity index (χ4v) is 3.18. The van der Waals surface area contributed by atoms with Gasteiger partial charge in [0.05, 0.1) is 0 Å². The molecule has 1 aliphatic heterocycles. The molecule has 4 nitrogen and oxygen atoms in total. The largest absolute Gasteiger partial charge is 0.344 e. The van der Waals surface area contributed by atoms with Crippen LogP contribution in [0.4, 0.5) is 0 Å². The van der Waals surface area contributed by atoms with E-state index in [1.165, 1.54) is 25.7 Å². The SMILES string of the molecule is CCC1NC(=O)CCN(CC2(C)CCCC2)C1=O. The van der Waals surface area contributed by atoms with E-state index in [0.717, 1.165) is 6.54 Å². The molecule has 2 fully saturated rings. The van der Waals surface area contributed by atoms with E-state index < -0.39 is 0 Å². The van der Waals surface area contributed by atoms with Crippen molar-refractivity contribution in [1.82, 2.24) is 10.2 Å². The number of hydrogen-bond donors (Lipinski definition) is 1. The first-order valence-corrected chi connectivity index (χ1v) is 7.12. The summed E-state index contributed by atoms with van der Waals surface area (Å²) < 4.78 is 0. The van der Waals surface area contributed by atoms with Crippen LogP contribution in [-0.4, -0.2) is 35.8 Å². The van der Waals surface area contributed by atoms with E-state index in [1.54, 1.807) is 0 Å². The van der Waals surface area contributed by atoms with E-state index >= 15 is 0 Å². The molecule has 1 N–H and O–H groups in total. The van der Waals surface area contributed by atoms with Crippen molar-refractivity contribution < 1.29 is 9.59 Å². The van der Waals surface area contributed by atoms with Gasteiger partial charge in [0.2, 0.25) is 11.8 Å². The molecule has 0 spiro atoms. The van der Waals surface area contributed by atoms with E-state index in [2.05, 4.69) is 12.2 Å². The second kappa shape index (κ2) is 5.29. The van der Waals surface area contributed by atoms with Crippen LogP contribution in [0.3, 0.4) is 0 Å². The Kier molecular flexibility index (Phi) is 3.93. The molecule has 0 aromatic carbocycles. The van der Waals surface area contributed by atoms with Gasteiger partial charge in [-0.2, -0.15) is 0 Å². The lowest BCUT2D eigenvalue weighted by molar-refractivity contribution is -0.134. The summed E-state index contributed by atoms with van der Waals surface area (Å²) >= 11 is 0. The molecule has 2 rings (SSSR count). The van der Waals surface area contributed by atoms with Crippen molar-refractivity contribution in [1.29, 1.82) is 0 Å². The van der Waals surface area contributed by atoms with Gasteiger partial charge in [0.1, 0.15) is 6.04 Å². The fraction of sp³-hybridized carbons (Fsp3) is 0.857. The van der Waals surface area contributed by atoms with Gasteiger partial charge in [-0.25, -0.2) is 0 Å². The van der Waals surface area contributed by atoms with Crippen molar-refractivity contribution in [2.24, 2.45) is 5.41 Å². The summed E-state index contributed by atoms with van der Waals surface area (Å²) in [6, 6.07) is -0.315. The maximum atomic E-state index is 12.4. The molecule has 4 heteroatoms. The number of carbonyl (C=O) groups is 2. The molecule has 1 atom stereocenters. The molecule has 2 amide bonds. The summed E-state index contributed by atoms with van der Waals surface area (Å²) in [6.07, 6.45) is 6.07. The summed E-state index contributed by atoms with van der Waals surface area (Å²) in [6.45, 7) is 5.62. The van der Waals surface area contributed by atoms with E-state index in [-0.39, 0.29) is 23.3 Å². The Bertz CT molecular complexity index is 335. The number of nitrogens with one attached hydrogen (secondary N) is 1. The third kappa shape index (κ3) is 2.85. The zero-order valence-electron chi connectivity index (χ0n) is 11.5. The topological polar surface area (TPSA) is 49.4 Å². The molecule has 1 saturated heterocycles. The highest BCUT2D eigenvalue weighted by Gasteiger charge is 2.35. The third-order valence-electron chi connectivity index (χ3n) is 4.35. The van der Waals surface area contributed by atoms with Gasteiger partial charge in [0.15, 0.2) is 0 Å². The molecule has 0 radical (unpaired) electrons. The molecule has 0 aromatic heterocycles. The maximum absolute atomic E-state index is 12.4. The van der Waals surface area contributed by atoms with Crippen molar-refractivity contribution in [2.45, 2.75) is 58.4 Å². The van der Waals surface area contributed by atoms with E-state index in [0.29, 0.717) is 19.4 Å². The van der Waals surface area contributed by atoms with Crippen molar-refractivity contribution >= 4 is 11.8 Å². The average Bonchev–Trinajstić information content (AvgIpc) is 2.72. The predicted molar refractivity (Wildman–Crippen MR) is 70.0 cm³/mol. The van der Waals surface area contributed by atoms with Gasteiger partial charge >= 0.3 is 0 Å². The van der Waals surface area contributed by atoms with Crippen LogP contribution in [0.2, 0.25) is 0 Å². The first-order valence-electron chi connectivity index (χ1n) is 7.12. The van der Waals surface area contributed by atoms with Crippen LogP contribution < -0.4 is 5.32 Å². The molecule has 102 valence electrons. The second-order valence-electron chi connectivity index (χ2n) is 6.06. The number of carbonyl (C=O) groups excluding carboxylic acids is 2. The van der Waals surface area contributed by atoms with Crippen LogP contribution in [0.25, 0.3) is 0 Å². The first-order chi connectivity index (χ1) is 8.54. The zero-order chi connectivity index (χ0) is 13.2. The number of amides is 2. The highest BCUT2D eigenvalue weighted by molar-refractivity contribution is 5.89. The zero-order valence-corrected chi connectivity index (χ0v) is 11.5. The van der Waals surface area contributed by atoms with Crippen LogP contribution in [0, 0.1) is 5.41 Å². The van der Waals surface area contributed by atoms with Gasteiger partial charge in [-0.1, -0.05) is 26.7 Å². The molecule has 18 heavy (non-hydrogen) atoms. The predicted octanol–water partition coefficient (Wildman–Crippen LogP) is 1.69. The second-order valence-corrected chi connectivity index (χ2v) is 6.06. The molecule has 2 aliphatic rings. The van der Waals surface area contributed by atoms with Crippen molar-refractivity contribution in [3.05, 3.63) is 0 Å². The van der Waals surface area contributed by atoms with Crippen molar-refractivity contribution in [3.63, 3.8) is 0 Å². The van der Waals surface area contributed by atoms with Gasteiger partial charge in [-0.3, -0.25) is 9.59 Å². The lowest BCUT2D eigenvalue weighted by Crippen LogP contribution is -2.47. The summed E-state index contributed by atoms with van der Waals surface area (Å²) in [7, 11) is 0. The fourth-order valence-electron chi connectivity index (χ4n) is 3.18. The minimum absolute atomic E-state index is 0.00859. The van der Waals surface area contributed by atoms with Gasteiger partial charge in [0.25, 0.3) is 0 Å². The number of hydrogen-bond acceptors (Lipinski definition) is 2. The van der Waals surface area contributed by atoms with E-state index in [9.17, 15) is 9.59 Å². The van der Waals surface area contributed by atoms with Crippen molar-refractivity contribution in [3.8, 4) is 0 Å². The molecule has 0 bridgehead atoms. The Morgan fingerprint density at radius 2 is 2.00 bits per heavy atom. The Balaban J connectivity index is 2.05. The molecule has 1 unspecified atom stereocenters. The van der Waals surface area contributed by atoms with Crippen LogP contribution >= 0.6 is 0 Å². The van der Waals surface area contributed by atoms with Crippen molar-refractivity contribution in [2.75, 3.05) is 13.1 Å². The van der Waals surface area contributed by atoms with Crippen LogP contribution in [-0.2, 0) is 9.59 Å².